The smallest absolute Gasteiger partial charge is 0.276 e. The highest BCUT2D eigenvalue weighted by Crippen LogP contribution is 2.31. The number of thioether (sulfide) groups is 2. The van der Waals surface area contributed by atoms with Gasteiger partial charge in [-0.05, 0) is 43.3 Å². The number of ether oxygens (including phenoxy) is 1. The zero-order valence-electron chi connectivity index (χ0n) is 18.6. The van der Waals surface area contributed by atoms with Gasteiger partial charge in [0, 0.05) is 11.6 Å². The second kappa shape index (κ2) is 12.2. The molecule has 0 aliphatic carbocycles. The van der Waals surface area contributed by atoms with Gasteiger partial charge in [-0.2, -0.15) is 0 Å². The van der Waals surface area contributed by atoms with Crippen molar-refractivity contribution >= 4 is 68.5 Å². The first-order valence-corrected chi connectivity index (χ1v) is 13.7. The molecule has 4 rings (SSSR count). The van der Waals surface area contributed by atoms with Gasteiger partial charge in [0.2, 0.25) is 5.91 Å². The number of nitrogens with zero attached hydrogens (tertiary/aromatic N) is 4. The van der Waals surface area contributed by atoms with E-state index in [0.29, 0.717) is 28.2 Å². The van der Waals surface area contributed by atoms with Crippen molar-refractivity contribution in [1.29, 1.82) is 0 Å². The number of nitrogens with one attached hydrogen (secondary N) is 2. The van der Waals surface area contributed by atoms with Crippen molar-refractivity contribution in [3.05, 3.63) is 59.4 Å². The number of halogens is 1. The molecule has 2 N–H and O–H groups in total. The number of fused-ring (bicyclic) bond motifs is 1. The van der Waals surface area contributed by atoms with Gasteiger partial charge in [0.1, 0.15) is 11.6 Å². The molecule has 2 heterocycles. The Morgan fingerprint density at radius 1 is 1.06 bits per heavy atom. The van der Waals surface area contributed by atoms with E-state index in [2.05, 4.69) is 32.1 Å². The molecule has 0 bridgehead atoms. The van der Waals surface area contributed by atoms with Gasteiger partial charge < -0.3 is 9.30 Å². The predicted octanol–water partition coefficient (Wildman–Crippen LogP) is 4.17. The number of carbonyl (C=O) groups is 2. The summed E-state index contributed by atoms with van der Waals surface area (Å²) >= 11 is 10.3. The van der Waals surface area contributed by atoms with E-state index in [9.17, 15) is 9.59 Å². The third-order valence-corrected chi connectivity index (χ3v) is 7.96. The minimum atomic E-state index is -0.482. The number of thiazole rings is 1. The Morgan fingerprint density at radius 3 is 2.60 bits per heavy atom. The molecule has 0 unspecified atom stereocenters. The third kappa shape index (κ3) is 7.10. The van der Waals surface area contributed by atoms with Crippen molar-refractivity contribution in [3.8, 4) is 5.75 Å². The number of rotatable bonds is 10. The van der Waals surface area contributed by atoms with Crippen molar-refractivity contribution < 1.29 is 14.3 Å². The summed E-state index contributed by atoms with van der Waals surface area (Å²) in [6.45, 7) is 2.43. The molecule has 0 radical (unpaired) electrons. The first-order valence-electron chi connectivity index (χ1n) is 10.5. The largest absolute Gasteiger partial charge is 0.484 e. The maximum absolute atomic E-state index is 12.2. The van der Waals surface area contributed by atoms with Crippen molar-refractivity contribution in [2.45, 2.75) is 28.7 Å². The van der Waals surface area contributed by atoms with Crippen LogP contribution in [-0.4, -0.2) is 43.9 Å². The minimum Gasteiger partial charge on any atom is -0.484 e. The average molecular weight is 549 g/mol. The molecule has 0 fully saturated rings. The van der Waals surface area contributed by atoms with E-state index in [0.717, 1.165) is 20.4 Å². The molecule has 0 saturated carbocycles. The highest BCUT2D eigenvalue weighted by Gasteiger charge is 2.15. The van der Waals surface area contributed by atoms with Gasteiger partial charge in [0.05, 0.1) is 21.7 Å². The molecule has 4 aromatic rings. The van der Waals surface area contributed by atoms with Crippen LogP contribution in [-0.2, 0) is 21.9 Å². The number of aromatic nitrogens is 4. The zero-order chi connectivity index (χ0) is 24.6. The Hall–Kier alpha value is -2.80. The molecular formula is C22H21ClN6O3S3. The molecule has 0 aliphatic rings. The number of hydrogen-bond donors (Lipinski definition) is 2. The highest BCUT2D eigenvalue weighted by molar-refractivity contribution is 8.00. The predicted molar refractivity (Wildman–Crippen MR) is 139 cm³/mol. The molecule has 182 valence electrons. The maximum Gasteiger partial charge on any atom is 0.276 e. The van der Waals surface area contributed by atoms with Gasteiger partial charge in [0.25, 0.3) is 5.91 Å². The highest BCUT2D eigenvalue weighted by atomic mass is 35.5. The fourth-order valence-electron chi connectivity index (χ4n) is 2.91. The Morgan fingerprint density at radius 2 is 1.83 bits per heavy atom. The SMILES string of the molecule is CCn1c(CSc2nc3ccccc3s2)nnc1SCC(=O)NNC(=O)COc1ccc(Cl)cc1. The van der Waals surface area contributed by atoms with E-state index in [1.165, 1.54) is 11.8 Å². The van der Waals surface area contributed by atoms with Gasteiger partial charge in [-0.1, -0.05) is 47.3 Å². The monoisotopic (exact) mass is 548 g/mol. The summed E-state index contributed by atoms with van der Waals surface area (Å²) in [4.78, 5) is 28.7. The number of carbonyl (C=O) groups excluding carboxylic acids is 2. The van der Waals surface area contributed by atoms with Crippen LogP contribution in [0.1, 0.15) is 12.7 Å². The van der Waals surface area contributed by atoms with Crippen molar-refractivity contribution in [1.82, 2.24) is 30.6 Å². The number of benzene rings is 2. The fraction of sp³-hybridized carbons (Fsp3) is 0.227. The van der Waals surface area contributed by atoms with E-state index in [-0.39, 0.29) is 18.3 Å². The molecule has 0 atom stereocenters. The summed E-state index contributed by atoms with van der Waals surface area (Å²) in [6.07, 6.45) is 0. The van der Waals surface area contributed by atoms with Gasteiger partial charge >= 0.3 is 0 Å². The number of para-hydroxylation sites is 1. The molecule has 0 saturated heterocycles. The lowest BCUT2D eigenvalue weighted by molar-refractivity contribution is -0.128. The van der Waals surface area contributed by atoms with E-state index in [4.69, 9.17) is 16.3 Å². The lowest BCUT2D eigenvalue weighted by Crippen LogP contribution is -2.44. The van der Waals surface area contributed by atoms with Crippen LogP contribution in [0.3, 0.4) is 0 Å². The van der Waals surface area contributed by atoms with Crippen molar-refractivity contribution in [2.75, 3.05) is 12.4 Å². The van der Waals surface area contributed by atoms with E-state index >= 15 is 0 Å². The molecule has 9 nitrogen and oxygen atoms in total. The van der Waals surface area contributed by atoms with Crippen LogP contribution in [0.5, 0.6) is 5.75 Å². The fourth-order valence-corrected chi connectivity index (χ4v) is 5.87. The third-order valence-electron chi connectivity index (χ3n) is 4.57. The van der Waals surface area contributed by atoms with Crippen LogP contribution in [0, 0.1) is 0 Å². The van der Waals surface area contributed by atoms with Gasteiger partial charge in [0.15, 0.2) is 16.1 Å². The van der Waals surface area contributed by atoms with E-state index in [1.54, 1.807) is 47.4 Å². The Kier molecular flexibility index (Phi) is 8.85. The molecule has 0 spiro atoms. The molecule has 13 heteroatoms. The molecule has 0 aliphatic heterocycles. The number of hydrazine groups is 1. The van der Waals surface area contributed by atoms with Crippen molar-refractivity contribution in [2.24, 2.45) is 0 Å². The van der Waals surface area contributed by atoms with Crippen LogP contribution in [0.4, 0.5) is 0 Å². The van der Waals surface area contributed by atoms with Crippen LogP contribution < -0.4 is 15.6 Å². The van der Waals surface area contributed by atoms with Crippen LogP contribution >= 0.6 is 46.5 Å². The Bertz CT molecular complexity index is 1280. The van der Waals surface area contributed by atoms with E-state index < -0.39 is 5.91 Å². The zero-order valence-corrected chi connectivity index (χ0v) is 21.8. The van der Waals surface area contributed by atoms with Crippen LogP contribution in [0.15, 0.2) is 58.0 Å². The van der Waals surface area contributed by atoms with Crippen LogP contribution in [0.2, 0.25) is 5.02 Å². The Balaban J connectivity index is 1.22. The molecular weight excluding hydrogens is 528 g/mol. The number of hydrogen-bond acceptors (Lipinski definition) is 9. The lowest BCUT2D eigenvalue weighted by Gasteiger charge is -2.09. The Labute approximate surface area is 219 Å². The second-order valence-electron chi connectivity index (χ2n) is 7.01. The summed E-state index contributed by atoms with van der Waals surface area (Å²) in [7, 11) is 0. The quantitative estimate of drug-likeness (QED) is 0.224. The summed E-state index contributed by atoms with van der Waals surface area (Å²) in [6, 6.07) is 14.7. The molecule has 35 heavy (non-hydrogen) atoms. The average Bonchev–Trinajstić information content (AvgIpc) is 3.47. The summed E-state index contributed by atoms with van der Waals surface area (Å²) < 4.78 is 9.43. The second-order valence-corrected chi connectivity index (χ2v) is 10.6. The standard InChI is InChI=1S/C22H21ClN6O3S3/c1-2-29-18(12-34-22-24-16-5-3-4-6-17(16)35-22)25-28-21(29)33-13-20(31)27-26-19(30)11-32-15-9-7-14(23)8-10-15/h3-10H,2,11-13H2,1H3,(H,26,30)(H,27,31). The normalized spacial score (nSPS) is 10.9. The van der Waals surface area contributed by atoms with Crippen LogP contribution in [0.25, 0.3) is 10.2 Å². The summed E-state index contributed by atoms with van der Waals surface area (Å²) in [5.41, 5.74) is 5.69. The minimum absolute atomic E-state index is 0.0709. The van der Waals surface area contributed by atoms with Gasteiger partial charge in [-0.15, -0.1) is 21.5 Å². The molecule has 2 aromatic carbocycles. The first-order chi connectivity index (χ1) is 17.0. The summed E-state index contributed by atoms with van der Waals surface area (Å²) in [5.74, 6) is 1.16. The molecule has 2 amide bonds. The van der Waals surface area contributed by atoms with Gasteiger partial charge in [-0.25, -0.2) is 4.98 Å². The summed E-state index contributed by atoms with van der Waals surface area (Å²) in [5, 5.41) is 9.73. The maximum atomic E-state index is 12.2. The topological polar surface area (TPSA) is 111 Å². The number of amides is 2. The van der Waals surface area contributed by atoms with Gasteiger partial charge in [-0.3, -0.25) is 20.4 Å². The van der Waals surface area contributed by atoms with Crippen molar-refractivity contribution in [3.63, 3.8) is 0 Å². The van der Waals surface area contributed by atoms with E-state index in [1.807, 2.05) is 29.7 Å². The lowest BCUT2D eigenvalue weighted by atomic mass is 10.3. The first kappa shape index (κ1) is 25.3. The molecule has 2 aromatic heterocycles.